The molecule has 2 unspecified atom stereocenters. The summed E-state index contributed by atoms with van der Waals surface area (Å²) < 4.78 is 23.4. The number of piperidine rings is 1. The SMILES string of the molecule is C1CC1.COc1ccc(CCCC(C)(C)C)c(N2CCC(COc3cccc(C(C)CP(C)(=O)[O-])c3)CC2)c1.[K+]. The van der Waals surface area contributed by atoms with Crippen molar-refractivity contribution in [2.24, 2.45) is 11.3 Å². The summed E-state index contributed by atoms with van der Waals surface area (Å²) in [7, 11) is -1.56. The number of nitrogens with zero attached hydrogens (tertiary/aromatic N) is 1. The van der Waals surface area contributed by atoms with Crippen molar-refractivity contribution in [3.63, 3.8) is 0 Å². The minimum atomic E-state index is -3.30. The first-order valence-corrected chi connectivity index (χ1v) is 17.1. The van der Waals surface area contributed by atoms with Gasteiger partial charge in [-0.1, -0.05) is 65.2 Å². The summed E-state index contributed by atoms with van der Waals surface area (Å²) in [5, 5.41) is 0. The van der Waals surface area contributed by atoms with Crippen LogP contribution in [0.2, 0.25) is 0 Å². The van der Waals surface area contributed by atoms with E-state index in [-0.39, 0.29) is 63.5 Å². The second kappa shape index (κ2) is 17.1. The van der Waals surface area contributed by atoms with Gasteiger partial charge in [0, 0.05) is 32.2 Å². The molecule has 2 fully saturated rings. The van der Waals surface area contributed by atoms with E-state index in [0.717, 1.165) is 49.4 Å². The van der Waals surface area contributed by atoms with Crippen LogP contribution in [0.3, 0.4) is 0 Å². The molecule has 1 aliphatic carbocycles. The number of methoxy groups -OCH3 is 1. The number of benzene rings is 2. The summed E-state index contributed by atoms with van der Waals surface area (Å²) in [4.78, 5) is 14.2. The van der Waals surface area contributed by atoms with Gasteiger partial charge in [-0.05, 0) is 91.5 Å². The molecule has 0 N–H and O–H groups in total. The normalized spacial score (nSPS) is 17.5. The van der Waals surface area contributed by atoms with Gasteiger partial charge in [0.25, 0.3) is 0 Å². The monoisotopic (exact) mass is 595 g/mol. The van der Waals surface area contributed by atoms with Crippen LogP contribution in [-0.2, 0) is 11.0 Å². The maximum Gasteiger partial charge on any atom is 1.00 e. The van der Waals surface area contributed by atoms with Gasteiger partial charge in [-0.3, -0.25) is 0 Å². The van der Waals surface area contributed by atoms with Crippen molar-refractivity contribution in [1.29, 1.82) is 0 Å². The molecule has 2 aromatic carbocycles. The molecule has 1 aliphatic heterocycles. The molecular formula is C33H51KNO4P. The fraction of sp³-hybridized carbons (Fsp3) is 0.636. The van der Waals surface area contributed by atoms with E-state index in [2.05, 4.69) is 43.9 Å². The van der Waals surface area contributed by atoms with Crippen LogP contribution in [0, 0.1) is 11.3 Å². The van der Waals surface area contributed by atoms with Crippen molar-refractivity contribution in [3.8, 4) is 11.5 Å². The van der Waals surface area contributed by atoms with Crippen molar-refractivity contribution in [2.75, 3.05) is 44.5 Å². The zero-order chi connectivity index (χ0) is 28.5. The minimum Gasteiger partial charge on any atom is -0.799 e. The van der Waals surface area contributed by atoms with Crippen LogP contribution in [0.4, 0.5) is 5.69 Å². The second-order valence-corrected chi connectivity index (χ2v) is 15.3. The molecule has 1 heterocycles. The molecule has 2 aromatic rings. The van der Waals surface area contributed by atoms with Gasteiger partial charge >= 0.3 is 51.4 Å². The molecule has 2 aliphatic rings. The summed E-state index contributed by atoms with van der Waals surface area (Å²) in [6.07, 6.45) is 10.3. The van der Waals surface area contributed by atoms with Crippen molar-refractivity contribution in [1.82, 2.24) is 0 Å². The average molecular weight is 596 g/mol. The molecule has 0 spiro atoms. The van der Waals surface area contributed by atoms with E-state index >= 15 is 0 Å². The number of hydrogen-bond donors (Lipinski definition) is 0. The van der Waals surface area contributed by atoms with Gasteiger partial charge in [-0.25, -0.2) is 0 Å². The molecule has 0 aromatic heterocycles. The van der Waals surface area contributed by atoms with Crippen LogP contribution >= 0.6 is 7.37 Å². The Kier molecular flexibility index (Phi) is 15.3. The van der Waals surface area contributed by atoms with Crippen LogP contribution in [0.15, 0.2) is 42.5 Å². The summed E-state index contributed by atoms with van der Waals surface area (Å²) in [5.74, 6) is 2.22. The molecule has 0 amide bonds. The standard InChI is InChI=1S/C30H46NO4P.C3H6.K/c1-23(22-36(6,32)33)26-9-7-11-28(19-26)35-21-24-14-17-31(18-15-24)29-20-27(34-5)13-12-25(29)10-8-16-30(2,3)4;1-2-3-1;/h7,9,11-13,19-20,23-24H,8,10,14-18,21-22H2,1-6H3,(H,32,33);1-3H2;/q;;+1/p-1. The molecule has 0 bridgehead atoms. The quantitative estimate of drug-likeness (QED) is 0.273. The maximum atomic E-state index is 11.7. The Bertz CT molecular complexity index is 1070. The Balaban J connectivity index is 0.00000131. The first kappa shape index (κ1) is 35.9. The van der Waals surface area contributed by atoms with E-state index < -0.39 is 7.37 Å². The molecule has 7 heteroatoms. The van der Waals surface area contributed by atoms with Gasteiger partial charge in [0.2, 0.25) is 0 Å². The second-order valence-electron chi connectivity index (χ2n) is 12.9. The molecule has 1 saturated heterocycles. The third kappa shape index (κ3) is 13.8. The molecule has 0 radical (unpaired) electrons. The zero-order valence-corrected chi connectivity index (χ0v) is 30.2. The zero-order valence-electron chi connectivity index (χ0n) is 26.2. The molecule has 2 atom stereocenters. The third-order valence-corrected chi connectivity index (χ3v) is 8.70. The van der Waals surface area contributed by atoms with E-state index in [4.69, 9.17) is 9.47 Å². The van der Waals surface area contributed by atoms with Gasteiger partial charge in [0.1, 0.15) is 11.5 Å². The van der Waals surface area contributed by atoms with Crippen LogP contribution in [-0.4, -0.2) is 39.6 Å². The summed E-state index contributed by atoms with van der Waals surface area (Å²) in [5.41, 5.74) is 4.10. The van der Waals surface area contributed by atoms with Crippen molar-refractivity contribution < 1.29 is 70.3 Å². The predicted molar refractivity (Wildman–Crippen MR) is 163 cm³/mol. The van der Waals surface area contributed by atoms with Crippen LogP contribution in [0.5, 0.6) is 11.5 Å². The van der Waals surface area contributed by atoms with E-state index in [1.54, 1.807) is 7.11 Å². The molecule has 1 saturated carbocycles. The topological polar surface area (TPSA) is 61.8 Å². The Morgan fingerprint density at radius 1 is 1.05 bits per heavy atom. The van der Waals surface area contributed by atoms with Crippen LogP contribution in [0.1, 0.15) is 89.7 Å². The number of ether oxygens (including phenoxy) is 2. The van der Waals surface area contributed by atoms with Crippen molar-refractivity contribution >= 4 is 13.1 Å². The van der Waals surface area contributed by atoms with Gasteiger partial charge in [0.15, 0.2) is 0 Å². The molecular weight excluding hydrogens is 544 g/mol. The number of anilines is 1. The predicted octanol–water partition coefficient (Wildman–Crippen LogP) is 4.91. The number of aryl methyl sites for hydroxylation is 1. The fourth-order valence-electron chi connectivity index (χ4n) is 5.05. The molecule has 4 rings (SSSR count). The first-order chi connectivity index (χ1) is 18.4. The van der Waals surface area contributed by atoms with E-state index in [9.17, 15) is 9.46 Å². The molecule has 40 heavy (non-hydrogen) atoms. The van der Waals surface area contributed by atoms with Gasteiger partial charge < -0.3 is 23.8 Å². The number of rotatable bonds is 11. The van der Waals surface area contributed by atoms with Crippen molar-refractivity contribution in [2.45, 2.75) is 85.0 Å². The minimum absolute atomic E-state index is 0. The smallest absolute Gasteiger partial charge is 0.799 e. The van der Waals surface area contributed by atoms with E-state index in [0.29, 0.717) is 17.9 Å². The van der Waals surface area contributed by atoms with Gasteiger partial charge in [0.05, 0.1) is 13.7 Å². The Morgan fingerprint density at radius 3 is 2.30 bits per heavy atom. The Hall–Kier alpha value is -0.334. The van der Waals surface area contributed by atoms with E-state index in [1.165, 1.54) is 50.0 Å². The van der Waals surface area contributed by atoms with E-state index in [1.807, 2.05) is 31.2 Å². The Labute approximate surface area is 286 Å². The Morgan fingerprint density at radius 2 is 1.73 bits per heavy atom. The largest absolute Gasteiger partial charge is 1.00 e. The van der Waals surface area contributed by atoms with Gasteiger partial charge in [-0.15, -0.1) is 0 Å². The summed E-state index contributed by atoms with van der Waals surface area (Å²) >= 11 is 0. The fourth-order valence-corrected chi connectivity index (χ4v) is 6.26. The number of hydrogen-bond acceptors (Lipinski definition) is 5. The average Bonchev–Trinajstić information content (AvgIpc) is 3.76. The van der Waals surface area contributed by atoms with Crippen LogP contribution < -0.4 is 70.7 Å². The van der Waals surface area contributed by atoms with Crippen LogP contribution in [0.25, 0.3) is 0 Å². The van der Waals surface area contributed by atoms with Gasteiger partial charge in [-0.2, -0.15) is 0 Å². The summed E-state index contributed by atoms with van der Waals surface area (Å²) in [6, 6.07) is 14.4. The summed E-state index contributed by atoms with van der Waals surface area (Å²) in [6.45, 7) is 12.9. The molecule has 5 nitrogen and oxygen atoms in total. The maximum absolute atomic E-state index is 11.7. The van der Waals surface area contributed by atoms with Crippen molar-refractivity contribution in [3.05, 3.63) is 53.6 Å². The first-order valence-electron chi connectivity index (χ1n) is 14.9. The third-order valence-electron chi connectivity index (χ3n) is 7.49. The molecule has 218 valence electrons.